The van der Waals surface area contributed by atoms with Crippen molar-refractivity contribution in [1.82, 2.24) is 5.32 Å². The zero-order valence-electron chi connectivity index (χ0n) is 11.4. The molecule has 0 heterocycles. The molecule has 1 aromatic rings. The molecule has 1 fully saturated rings. The number of carbonyl (C=O) groups is 2. The van der Waals surface area contributed by atoms with Gasteiger partial charge in [-0.05, 0) is 37.0 Å². The number of anilines is 1. The summed E-state index contributed by atoms with van der Waals surface area (Å²) in [6, 6.07) is 3.67. The van der Waals surface area contributed by atoms with Crippen LogP contribution in [0.15, 0.2) is 18.2 Å². The average molecular weight is 313 g/mol. The van der Waals surface area contributed by atoms with E-state index in [9.17, 15) is 9.59 Å². The van der Waals surface area contributed by atoms with Crippen LogP contribution < -0.4 is 10.6 Å². The van der Waals surface area contributed by atoms with E-state index < -0.39 is 12.0 Å². The summed E-state index contributed by atoms with van der Waals surface area (Å²) in [7, 11) is 0. The van der Waals surface area contributed by atoms with Gasteiger partial charge in [-0.15, -0.1) is 0 Å². The summed E-state index contributed by atoms with van der Waals surface area (Å²) in [5.74, 6) is -0.389. The van der Waals surface area contributed by atoms with Crippen molar-refractivity contribution < 1.29 is 19.4 Å². The van der Waals surface area contributed by atoms with Gasteiger partial charge >= 0.3 is 12.0 Å². The highest BCUT2D eigenvalue weighted by Gasteiger charge is 2.20. The van der Waals surface area contributed by atoms with Gasteiger partial charge in [0.15, 0.2) is 0 Å². The Hall–Kier alpha value is -1.79. The van der Waals surface area contributed by atoms with Gasteiger partial charge in [-0.1, -0.05) is 11.6 Å². The lowest BCUT2D eigenvalue weighted by atomic mass is 10.2. The molecule has 7 heteroatoms. The summed E-state index contributed by atoms with van der Waals surface area (Å²) in [5, 5.41) is 14.3. The third-order valence-electron chi connectivity index (χ3n) is 3.04. The number of carbonyl (C=O) groups excluding carboxylic acids is 1. The maximum atomic E-state index is 11.7. The maximum Gasteiger partial charge on any atom is 0.335 e. The van der Waals surface area contributed by atoms with Crippen LogP contribution in [0.5, 0.6) is 0 Å². The zero-order valence-corrected chi connectivity index (χ0v) is 12.2. The summed E-state index contributed by atoms with van der Waals surface area (Å²) in [6.45, 7) is 1.58. The number of carboxylic acids is 1. The summed E-state index contributed by atoms with van der Waals surface area (Å²) in [4.78, 5) is 22.5. The Labute approximate surface area is 127 Å². The number of hydrogen-bond donors (Lipinski definition) is 3. The van der Waals surface area contributed by atoms with E-state index in [2.05, 4.69) is 10.6 Å². The quantitative estimate of drug-likeness (QED) is 0.675. The number of aromatic carboxylic acids is 1. The van der Waals surface area contributed by atoms with Crippen molar-refractivity contribution in [1.29, 1.82) is 0 Å². The Bertz CT molecular complexity index is 532. The lowest BCUT2D eigenvalue weighted by Gasteiger charge is -2.10. The Morgan fingerprint density at radius 1 is 1.38 bits per heavy atom. The van der Waals surface area contributed by atoms with Crippen molar-refractivity contribution in [2.45, 2.75) is 12.8 Å². The fraction of sp³-hybridized carbons (Fsp3) is 0.429. The van der Waals surface area contributed by atoms with E-state index in [1.807, 2.05) is 0 Å². The number of benzene rings is 1. The minimum absolute atomic E-state index is 0.0578. The fourth-order valence-electron chi connectivity index (χ4n) is 1.69. The molecule has 1 saturated carbocycles. The molecular formula is C14H17ClN2O4. The van der Waals surface area contributed by atoms with Gasteiger partial charge in [-0.3, -0.25) is 0 Å². The van der Waals surface area contributed by atoms with Gasteiger partial charge in [-0.25, -0.2) is 9.59 Å². The molecule has 0 aromatic heterocycles. The van der Waals surface area contributed by atoms with Crippen molar-refractivity contribution in [3.05, 3.63) is 28.8 Å². The first-order chi connectivity index (χ1) is 10.1. The SMILES string of the molecule is O=C(NCCOCC1CC1)Nc1cc(C(=O)O)ccc1Cl. The highest BCUT2D eigenvalue weighted by Crippen LogP contribution is 2.28. The predicted octanol–water partition coefficient (Wildman–Crippen LogP) is 2.59. The molecular weight excluding hydrogens is 296 g/mol. The minimum Gasteiger partial charge on any atom is -0.478 e. The third-order valence-corrected chi connectivity index (χ3v) is 3.37. The smallest absolute Gasteiger partial charge is 0.335 e. The van der Waals surface area contributed by atoms with Gasteiger partial charge in [-0.2, -0.15) is 0 Å². The Kier molecular flexibility index (Phi) is 5.41. The Morgan fingerprint density at radius 3 is 2.81 bits per heavy atom. The van der Waals surface area contributed by atoms with E-state index in [-0.39, 0.29) is 16.3 Å². The van der Waals surface area contributed by atoms with Crippen LogP contribution in [-0.2, 0) is 4.74 Å². The first-order valence-electron chi connectivity index (χ1n) is 6.71. The van der Waals surface area contributed by atoms with Crippen LogP contribution in [0.4, 0.5) is 10.5 Å². The van der Waals surface area contributed by atoms with E-state index in [1.54, 1.807) is 0 Å². The normalized spacial score (nSPS) is 13.8. The van der Waals surface area contributed by atoms with Crippen LogP contribution >= 0.6 is 11.6 Å². The highest BCUT2D eigenvalue weighted by atomic mass is 35.5. The van der Waals surface area contributed by atoms with Crippen molar-refractivity contribution in [2.24, 2.45) is 5.92 Å². The molecule has 2 amide bonds. The van der Waals surface area contributed by atoms with E-state index >= 15 is 0 Å². The van der Waals surface area contributed by atoms with Gasteiger partial charge in [0.2, 0.25) is 0 Å². The summed E-state index contributed by atoms with van der Waals surface area (Å²) in [6.07, 6.45) is 2.46. The zero-order chi connectivity index (χ0) is 15.2. The lowest BCUT2D eigenvalue weighted by Crippen LogP contribution is -2.31. The first-order valence-corrected chi connectivity index (χ1v) is 7.09. The molecule has 2 rings (SSSR count). The number of rotatable bonds is 7. The Morgan fingerprint density at radius 2 is 2.14 bits per heavy atom. The van der Waals surface area contributed by atoms with Crippen LogP contribution in [0.3, 0.4) is 0 Å². The molecule has 0 aliphatic heterocycles. The van der Waals surface area contributed by atoms with Crippen LogP contribution in [0.1, 0.15) is 23.2 Å². The number of amides is 2. The van der Waals surface area contributed by atoms with Crippen molar-refractivity contribution in [2.75, 3.05) is 25.1 Å². The van der Waals surface area contributed by atoms with Crippen molar-refractivity contribution in [3.8, 4) is 0 Å². The van der Waals surface area contributed by atoms with E-state index in [4.69, 9.17) is 21.4 Å². The number of nitrogens with one attached hydrogen (secondary N) is 2. The molecule has 0 saturated heterocycles. The maximum absolute atomic E-state index is 11.7. The minimum atomic E-state index is -1.08. The molecule has 21 heavy (non-hydrogen) atoms. The molecule has 1 aliphatic carbocycles. The van der Waals surface area contributed by atoms with E-state index in [0.717, 1.165) is 6.61 Å². The van der Waals surface area contributed by atoms with E-state index in [1.165, 1.54) is 31.0 Å². The topological polar surface area (TPSA) is 87.7 Å². The third kappa shape index (κ3) is 5.24. The van der Waals surface area contributed by atoms with E-state index in [0.29, 0.717) is 19.1 Å². The predicted molar refractivity (Wildman–Crippen MR) is 79.0 cm³/mol. The van der Waals surface area contributed by atoms with Gasteiger partial charge in [0.25, 0.3) is 0 Å². The van der Waals surface area contributed by atoms with Crippen LogP contribution in [0.25, 0.3) is 0 Å². The van der Waals surface area contributed by atoms with Gasteiger partial charge < -0.3 is 20.5 Å². The molecule has 1 aliphatic rings. The molecule has 3 N–H and O–H groups in total. The molecule has 1 aromatic carbocycles. The molecule has 0 atom stereocenters. The molecule has 0 bridgehead atoms. The standard InChI is InChI=1S/C14H17ClN2O4/c15-11-4-3-10(13(18)19)7-12(11)17-14(20)16-5-6-21-8-9-1-2-9/h3-4,7,9H,1-2,5-6,8H2,(H,18,19)(H2,16,17,20). The van der Waals surface area contributed by atoms with Gasteiger partial charge in [0, 0.05) is 13.2 Å². The summed E-state index contributed by atoms with van der Waals surface area (Å²) >= 11 is 5.91. The van der Waals surface area contributed by atoms with Gasteiger partial charge in [0.05, 0.1) is 22.9 Å². The summed E-state index contributed by atoms with van der Waals surface area (Å²) in [5.41, 5.74) is 0.315. The second-order valence-electron chi connectivity index (χ2n) is 4.90. The second-order valence-corrected chi connectivity index (χ2v) is 5.31. The number of urea groups is 1. The largest absolute Gasteiger partial charge is 0.478 e. The average Bonchev–Trinajstić information content (AvgIpc) is 3.24. The van der Waals surface area contributed by atoms with Crippen LogP contribution in [0, 0.1) is 5.92 Å². The van der Waals surface area contributed by atoms with Crippen molar-refractivity contribution >= 4 is 29.3 Å². The number of hydrogen-bond acceptors (Lipinski definition) is 3. The monoisotopic (exact) mass is 312 g/mol. The molecule has 6 nitrogen and oxygen atoms in total. The lowest BCUT2D eigenvalue weighted by molar-refractivity contribution is 0.0697. The molecule has 0 unspecified atom stereocenters. The van der Waals surface area contributed by atoms with Crippen molar-refractivity contribution in [3.63, 3.8) is 0 Å². The van der Waals surface area contributed by atoms with Crippen LogP contribution in [-0.4, -0.2) is 36.9 Å². The number of ether oxygens (including phenoxy) is 1. The number of carboxylic acid groups (broad SMARTS) is 1. The molecule has 0 radical (unpaired) electrons. The summed E-state index contributed by atoms with van der Waals surface area (Å²) < 4.78 is 5.39. The van der Waals surface area contributed by atoms with Crippen LogP contribution in [0.2, 0.25) is 5.02 Å². The number of halogens is 1. The second kappa shape index (κ2) is 7.28. The molecule has 0 spiro atoms. The highest BCUT2D eigenvalue weighted by molar-refractivity contribution is 6.33. The fourth-order valence-corrected chi connectivity index (χ4v) is 1.86. The molecule has 114 valence electrons. The van der Waals surface area contributed by atoms with Gasteiger partial charge in [0.1, 0.15) is 0 Å². The first kappa shape index (κ1) is 15.6. The Balaban J connectivity index is 1.75.